The summed E-state index contributed by atoms with van der Waals surface area (Å²) < 4.78 is 0. The van der Waals surface area contributed by atoms with Crippen molar-refractivity contribution < 1.29 is 0 Å². The maximum absolute atomic E-state index is 4.39. The molecule has 0 aliphatic carbocycles. The molecule has 1 N–H and O–H groups in total. The van der Waals surface area contributed by atoms with Gasteiger partial charge in [0.15, 0.2) is 5.82 Å². The Balaban J connectivity index is 2.02. The number of aromatic nitrogens is 4. The van der Waals surface area contributed by atoms with Crippen molar-refractivity contribution in [2.75, 3.05) is 5.75 Å². The average Bonchev–Trinajstić information content (AvgIpc) is 2.79. The van der Waals surface area contributed by atoms with Crippen LogP contribution in [0.4, 0.5) is 0 Å². The molecule has 5 heteroatoms. The van der Waals surface area contributed by atoms with Gasteiger partial charge in [-0.2, -0.15) is 4.98 Å². The van der Waals surface area contributed by atoms with Crippen LogP contribution in [0.2, 0.25) is 0 Å². The molecule has 2 rings (SSSR count). The molecule has 2 heterocycles. The molecule has 2 aromatic rings. The molecule has 0 unspecified atom stereocenters. The number of hydrogen-bond donors (Lipinski definition) is 1. The molecule has 0 atom stereocenters. The van der Waals surface area contributed by atoms with Gasteiger partial charge in [0.1, 0.15) is 5.69 Å². The van der Waals surface area contributed by atoms with E-state index in [1.54, 1.807) is 18.0 Å². The van der Waals surface area contributed by atoms with Gasteiger partial charge in [-0.3, -0.25) is 10.1 Å². The minimum Gasteiger partial charge on any atom is -0.257 e. The Morgan fingerprint density at radius 3 is 3.06 bits per heavy atom. The van der Waals surface area contributed by atoms with E-state index in [0.717, 1.165) is 22.4 Å². The Morgan fingerprint density at radius 2 is 2.31 bits per heavy atom. The summed E-state index contributed by atoms with van der Waals surface area (Å²) in [6.45, 7) is 2.18. The predicted octanol–water partition coefficient (Wildman–Crippen LogP) is 2.76. The summed E-state index contributed by atoms with van der Waals surface area (Å²) in [7, 11) is 0. The zero-order valence-electron chi connectivity index (χ0n) is 9.18. The lowest BCUT2D eigenvalue weighted by atomic mass is 10.3. The predicted molar refractivity (Wildman–Crippen MR) is 65.2 cm³/mol. The molecule has 0 fully saturated rings. The molecule has 0 spiro atoms. The largest absolute Gasteiger partial charge is 0.257 e. The Morgan fingerprint density at radius 1 is 1.38 bits per heavy atom. The molecule has 0 saturated heterocycles. The Bertz CT molecular complexity index is 427. The van der Waals surface area contributed by atoms with Gasteiger partial charge in [0.05, 0.1) is 0 Å². The number of H-pyrrole nitrogens is 1. The van der Waals surface area contributed by atoms with Gasteiger partial charge in [-0.15, -0.1) is 5.10 Å². The third-order valence-corrected chi connectivity index (χ3v) is 3.04. The molecule has 0 aromatic carbocycles. The minimum atomic E-state index is 0.736. The van der Waals surface area contributed by atoms with Crippen LogP contribution in [0.15, 0.2) is 29.6 Å². The first-order chi connectivity index (χ1) is 7.90. The molecular weight excluding hydrogens is 220 g/mol. The second-order valence-electron chi connectivity index (χ2n) is 3.38. The monoisotopic (exact) mass is 234 g/mol. The fraction of sp³-hybridized carbons (Fsp3) is 0.364. The molecule has 0 radical (unpaired) electrons. The van der Waals surface area contributed by atoms with E-state index in [9.17, 15) is 0 Å². The molecule has 4 nitrogen and oxygen atoms in total. The van der Waals surface area contributed by atoms with E-state index in [0.29, 0.717) is 0 Å². The summed E-state index contributed by atoms with van der Waals surface area (Å²) >= 11 is 1.68. The average molecular weight is 234 g/mol. The van der Waals surface area contributed by atoms with E-state index < -0.39 is 0 Å². The van der Waals surface area contributed by atoms with Crippen LogP contribution in [0.3, 0.4) is 0 Å². The molecule has 84 valence electrons. The first-order valence-corrected chi connectivity index (χ1v) is 6.35. The van der Waals surface area contributed by atoms with Crippen LogP contribution in [0.5, 0.6) is 0 Å². The van der Waals surface area contributed by atoms with Crippen molar-refractivity contribution in [3.63, 3.8) is 0 Å². The van der Waals surface area contributed by atoms with Crippen LogP contribution in [0, 0.1) is 0 Å². The van der Waals surface area contributed by atoms with Crippen molar-refractivity contribution in [3.8, 4) is 11.5 Å². The van der Waals surface area contributed by atoms with Gasteiger partial charge >= 0.3 is 0 Å². The highest BCUT2D eigenvalue weighted by Gasteiger charge is 2.05. The highest BCUT2D eigenvalue weighted by molar-refractivity contribution is 7.99. The lowest BCUT2D eigenvalue weighted by Crippen LogP contribution is -1.84. The van der Waals surface area contributed by atoms with Crippen molar-refractivity contribution in [2.24, 2.45) is 0 Å². The first-order valence-electron chi connectivity index (χ1n) is 5.36. The van der Waals surface area contributed by atoms with Crippen LogP contribution < -0.4 is 0 Å². The quantitative estimate of drug-likeness (QED) is 0.638. The molecule has 16 heavy (non-hydrogen) atoms. The number of rotatable bonds is 5. The topological polar surface area (TPSA) is 54.5 Å². The summed E-state index contributed by atoms with van der Waals surface area (Å²) in [4.78, 5) is 8.60. The van der Waals surface area contributed by atoms with Crippen LogP contribution >= 0.6 is 11.8 Å². The second-order valence-corrected chi connectivity index (χ2v) is 4.45. The Hall–Kier alpha value is -1.36. The van der Waals surface area contributed by atoms with Gasteiger partial charge < -0.3 is 0 Å². The first kappa shape index (κ1) is 11.1. The fourth-order valence-electron chi connectivity index (χ4n) is 1.24. The van der Waals surface area contributed by atoms with Gasteiger partial charge in [0, 0.05) is 11.9 Å². The Labute approximate surface area is 98.9 Å². The zero-order chi connectivity index (χ0) is 11.2. The molecule has 0 saturated carbocycles. The van der Waals surface area contributed by atoms with Gasteiger partial charge in [0.2, 0.25) is 5.16 Å². The lowest BCUT2D eigenvalue weighted by Gasteiger charge is -1.93. The normalized spacial score (nSPS) is 10.6. The number of pyridine rings is 1. The van der Waals surface area contributed by atoms with Gasteiger partial charge in [0.25, 0.3) is 0 Å². The van der Waals surface area contributed by atoms with Crippen LogP contribution in [-0.2, 0) is 0 Å². The minimum absolute atomic E-state index is 0.736. The third kappa shape index (κ3) is 2.82. The Kier molecular flexibility index (Phi) is 3.93. The maximum atomic E-state index is 4.39. The van der Waals surface area contributed by atoms with Gasteiger partial charge in [-0.1, -0.05) is 31.2 Å². The number of thioether (sulfide) groups is 1. The van der Waals surface area contributed by atoms with E-state index in [-0.39, 0.29) is 0 Å². The summed E-state index contributed by atoms with van der Waals surface area (Å²) in [6.07, 6.45) is 4.14. The van der Waals surface area contributed by atoms with Crippen molar-refractivity contribution in [1.29, 1.82) is 0 Å². The number of unbranched alkanes of at least 4 members (excludes halogenated alkanes) is 1. The summed E-state index contributed by atoms with van der Waals surface area (Å²) in [5, 5.41) is 7.86. The molecule has 0 bridgehead atoms. The van der Waals surface area contributed by atoms with Gasteiger partial charge in [-0.25, -0.2) is 0 Å². The molecule has 2 aromatic heterocycles. The van der Waals surface area contributed by atoms with E-state index >= 15 is 0 Å². The van der Waals surface area contributed by atoms with Crippen LogP contribution in [-0.4, -0.2) is 25.9 Å². The van der Waals surface area contributed by atoms with E-state index in [1.807, 2.05) is 18.2 Å². The number of hydrogen-bond acceptors (Lipinski definition) is 4. The second kappa shape index (κ2) is 5.65. The van der Waals surface area contributed by atoms with E-state index in [1.165, 1.54) is 12.8 Å². The third-order valence-electron chi connectivity index (χ3n) is 2.10. The zero-order valence-corrected chi connectivity index (χ0v) is 10.00. The van der Waals surface area contributed by atoms with Crippen LogP contribution in [0.1, 0.15) is 19.8 Å². The fourth-order valence-corrected chi connectivity index (χ4v) is 2.12. The summed E-state index contributed by atoms with van der Waals surface area (Å²) in [5.74, 6) is 1.80. The smallest absolute Gasteiger partial charge is 0.208 e. The molecule has 0 aliphatic rings. The van der Waals surface area contributed by atoms with Crippen molar-refractivity contribution in [2.45, 2.75) is 24.9 Å². The highest BCUT2D eigenvalue weighted by Crippen LogP contribution is 2.18. The summed E-state index contributed by atoms with van der Waals surface area (Å²) in [6, 6.07) is 5.74. The lowest BCUT2D eigenvalue weighted by molar-refractivity contribution is 0.889. The molecular formula is C11H14N4S. The maximum Gasteiger partial charge on any atom is 0.208 e. The van der Waals surface area contributed by atoms with Crippen molar-refractivity contribution in [1.82, 2.24) is 20.2 Å². The molecule has 0 aliphatic heterocycles. The van der Waals surface area contributed by atoms with Gasteiger partial charge in [-0.05, 0) is 18.6 Å². The van der Waals surface area contributed by atoms with Crippen LogP contribution in [0.25, 0.3) is 11.5 Å². The standard InChI is InChI=1S/C11H14N4S/c1-2-3-8-16-11-13-10(14-15-11)9-6-4-5-7-12-9/h4-7H,2-3,8H2,1H3,(H,13,14,15). The van der Waals surface area contributed by atoms with E-state index in [2.05, 4.69) is 27.1 Å². The number of nitrogens with one attached hydrogen (secondary N) is 1. The van der Waals surface area contributed by atoms with Crippen molar-refractivity contribution in [3.05, 3.63) is 24.4 Å². The van der Waals surface area contributed by atoms with E-state index in [4.69, 9.17) is 0 Å². The SMILES string of the molecule is CCCCSc1n[nH]c(-c2ccccn2)n1. The van der Waals surface area contributed by atoms with Crippen molar-refractivity contribution >= 4 is 11.8 Å². The highest BCUT2D eigenvalue weighted by atomic mass is 32.2. The number of aromatic amines is 1. The number of nitrogens with zero attached hydrogens (tertiary/aromatic N) is 3. The summed E-state index contributed by atoms with van der Waals surface area (Å²) in [5.41, 5.74) is 0.831. The molecule has 0 amide bonds.